The second kappa shape index (κ2) is 10.9. The van der Waals surface area contributed by atoms with Crippen LogP contribution in [0.1, 0.15) is 53.7 Å². The summed E-state index contributed by atoms with van der Waals surface area (Å²) in [6.07, 6.45) is 2.85. The van der Waals surface area contributed by atoms with E-state index in [0.29, 0.717) is 24.0 Å². The third kappa shape index (κ3) is 5.24. The smallest absolute Gasteiger partial charge is 0.333 e. The first-order valence-electron chi connectivity index (χ1n) is 12.3. The molecule has 3 heterocycles. The quantitative estimate of drug-likeness (QED) is 0.265. The molecule has 7 nitrogen and oxygen atoms in total. The SMILES string of the molecule is Cc1cc(Br)ncc1-n1c(=O)n(CC2CCC(NC(=O)c3cc(Cl)cnc3C(F)F)CC2)c2ccccc21. The Morgan fingerprint density at radius 2 is 1.84 bits per heavy atom. The summed E-state index contributed by atoms with van der Waals surface area (Å²) < 4.78 is 30.9. The highest BCUT2D eigenvalue weighted by Crippen LogP contribution is 2.29. The van der Waals surface area contributed by atoms with Crippen LogP contribution in [0.4, 0.5) is 8.78 Å². The number of carbonyl (C=O) groups is 1. The number of fused-ring (bicyclic) bond motifs is 1. The summed E-state index contributed by atoms with van der Waals surface area (Å²) in [6, 6.07) is 10.7. The zero-order valence-corrected chi connectivity index (χ0v) is 22.8. The number of pyridine rings is 2. The Bertz CT molecular complexity index is 1560. The molecule has 1 aliphatic rings. The van der Waals surface area contributed by atoms with E-state index in [-0.39, 0.29) is 28.2 Å². The molecule has 4 aromatic rings. The minimum absolute atomic E-state index is 0.123. The maximum atomic E-state index is 13.6. The second-order valence-electron chi connectivity index (χ2n) is 9.59. The van der Waals surface area contributed by atoms with Gasteiger partial charge < -0.3 is 5.32 Å². The number of para-hydroxylation sites is 2. The molecule has 5 rings (SSSR count). The summed E-state index contributed by atoms with van der Waals surface area (Å²) in [5.41, 5.74) is 2.43. The standard InChI is InChI=1S/C27H25BrClF2N5O2/c1-15-10-23(28)32-13-22(15)36-21-5-3-2-4-20(21)35(27(36)38)14-16-6-8-18(9-7-16)34-26(37)19-11-17(29)12-33-24(19)25(30)31/h2-5,10-13,16,18,25H,6-9,14H2,1H3,(H,34,37). The number of rotatable bonds is 6. The number of imidazole rings is 1. The van der Waals surface area contributed by atoms with Crippen molar-refractivity contribution in [1.29, 1.82) is 0 Å². The summed E-state index contributed by atoms with van der Waals surface area (Å²) in [5, 5.41) is 2.99. The van der Waals surface area contributed by atoms with Crippen LogP contribution in [0.3, 0.4) is 0 Å². The maximum Gasteiger partial charge on any atom is 0.333 e. The lowest BCUT2D eigenvalue weighted by molar-refractivity contribution is 0.0904. The highest BCUT2D eigenvalue weighted by Gasteiger charge is 2.27. The fraction of sp³-hybridized carbons (Fsp3) is 0.333. The number of alkyl halides is 2. The van der Waals surface area contributed by atoms with E-state index < -0.39 is 18.0 Å². The fourth-order valence-electron chi connectivity index (χ4n) is 5.18. The number of benzene rings is 1. The number of aromatic nitrogens is 4. The van der Waals surface area contributed by atoms with Gasteiger partial charge in [0.1, 0.15) is 10.3 Å². The predicted octanol–water partition coefficient (Wildman–Crippen LogP) is 6.23. The number of nitrogens with zero attached hydrogens (tertiary/aromatic N) is 4. The normalized spacial score (nSPS) is 17.7. The Morgan fingerprint density at radius 3 is 2.53 bits per heavy atom. The summed E-state index contributed by atoms with van der Waals surface area (Å²) >= 11 is 9.27. The van der Waals surface area contributed by atoms with Gasteiger partial charge in [0.15, 0.2) is 0 Å². The van der Waals surface area contributed by atoms with Crippen molar-refractivity contribution < 1.29 is 13.6 Å². The average molecular weight is 605 g/mol. The van der Waals surface area contributed by atoms with E-state index in [1.54, 1.807) is 10.8 Å². The molecule has 11 heteroatoms. The van der Waals surface area contributed by atoms with Gasteiger partial charge in [0.25, 0.3) is 12.3 Å². The molecule has 0 atom stereocenters. The molecule has 3 aromatic heterocycles. The van der Waals surface area contributed by atoms with Crippen LogP contribution in [0.15, 0.2) is 58.2 Å². The summed E-state index contributed by atoms with van der Waals surface area (Å²) in [5.74, 6) is -0.370. The lowest BCUT2D eigenvalue weighted by Gasteiger charge is -2.29. The van der Waals surface area contributed by atoms with Gasteiger partial charge >= 0.3 is 5.69 Å². The van der Waals surface area contributed by atoms with Crippen LogP contribution in [0.5, 0.6) is 0 Å². The van der Waals surface area contributed by atoms with Crippen LogP contribution in [-0.2, 0) is 6.54 Å². The van der Waals surface area contributed by atoms with Crippen LogP contribution in [-0.4, -0.2) is 31.1 Å². The molecule has 1 saturated carbocycles. The minimum Gasteiger partial charge on any atom is -0.349 e. The first-order valence-corrected chi connectivity index (χ1v) is 13.5. The van der Waals surface area contributed by atoms with Crippen LogP contribution in [0.2, 0.25) is 5.02 Å². The van der Waals surface area contributed by atoms with Crippen molar-refractivity contribution in [2.24, 2.45) is 5.92 Å². The Kier molecular flexibility index (Phi) is 7.63. The molecule has 0 spiro atoms. The van der Waals surface area contributed by atoms with E-state index in [2.05, 4.69) is 31.2 Å². The van der Waals surface area contributed by atoms with Crippen molar-refractivity contribution in [3.63, 3.8) is 0 Å². The van der Waals surface area contributed by atoms with Gasteiger partial charge in [-0.3, -0.25) is 18.9 Å². The van der Waals surface area contributed by atoms with Crippen molar-refractivity contribution in [2.75, 3.05) is 0 Å². The van der Waals surface area contributed by atoms with Gasteiger partial charge in [-0.05, 0) is 84.3 Å². The lowest BCUT2D eigenvalue weighted by Crippen LogP contribution is -2.39. The zero-order chi connectivity index (χ0) is 27.0. The molecule has 198 valence electrons. The van der Waals surface area contributed by atoms with Crippen molar-refractivity contribution in [3.05, 3.63) is 85.7 Å². The highest BCUT2D eigenvalue weighted by atomic mass is 79.9. The van der Waals surface area contributed by atoms with Gasteiger partial charge in [0, 0.05) is 18.8 Å². The number of amides is 1. The fourth-order valence-corrected chi connectivity index (χ4v) is 5.79. The first kappa shape index (κ1) is 26.5. The molecule has 1 aromatic carbocycles. The molecule has 0 bridgehead atoms. The van der Waals surface area contributed by atoms with Crippen LogP contribution < -0.4 is 11.0 Å². The Balaban J connectivity index is 1.31. The van der Waals surface area contributed by atoms with E-state index >= 15 is 0 Å². The number of halogens is 4. The molecule has 1 N–H and O–H groups in total. The highest BCUT2D eigenvalue weighted by molar-refractivity contribution is 9.10. The van der Waals surface area contributed by atoms with E-state index in [1.807, 2.05) is 41.8 Å². The van der Waals surface area contributed by atoms with Crippen molar-refractivity contribution in [1.82, 2.24) is 24.4 Å². The van der Waals surface area contributed by atoms with Crippen molar-refractivity contribution >= 4 is 44.5 Å². The first-order chi connectivity index (χ1) is 18.2. The topological polar surface area (TPSA) is 81.8 Å². The lowest BCUT2D eigenvalue weighted by atomic mass is 9.85. The van der Waals surface area contributed by atoms with Gasteiger partial charge in [-0.25, -0.2) is 18.6 Å². The second-order valence-corrected chi connectivity index (χ2v) is 10.8. The third-order valence-corrected chi connectivity index (χ3v) is 7.73. The number of hydrogen-bond donors (Lipinski definition) is 1. The van der Waals surface area contributed by atoms with Crippen LogP contribution >= 0.6 is 27.5 Å². The van der Waals surface area contributed by atoms with Crippen molar-refractivity contribution in [3.8, 4) is 5.69 Å². The summed E-state index contributed by atoms with van der Waals surface area (Å²) in [4.78, 5) is 34.3. The third-order valence-electron chi connectivity index (χ3n) is 7.09. The van der Waals surface area contributed by atoms with Gasteiger partial charge in [0.2, 0.25) is 0 Å². The molecule has 0 radical (unpaired) electrons. The van der Waals surface area contributed by atoms with Gasteiger partial charge in [-0.15, -0.1) is 0 Å². The zero-order valence-electron chi connectivity index (χ0n) is 20.5. The number of carbonyl (C=O) groups excluding carboxylic acids is 1. The molecular weight excluding hydrogens is 580 g/mol. The van der Waals surface area contributed by atoms with Gasteiger partial charge in [-0.1, -0.05) is 23.7 Å². The molecule has 1 fully saturated rings. The van der Waals surface area contributed by atoms with Gasteiger partial charge in [0.05, 0.1) is 33.5 Å². The molecule has 0 saturated heterocycles. The number of hydrogen-bond acceptors (Lipinski definition) is 4. The summed E-state index contributed by atoms with van der Waals surface area (Å²) in [7, 11) is 0. The van der Waals surface area contributed by atoms with E-state index in [1.165, 1.54) is 6.07 Å². The number of aryl methyl sites for hydroxylation is 1. The number of nitrogens with one attached hydrogen (secondary N) is 1. The minimum atomic E-state index is -2.87. The molecule has 1 aliphatic carbocycles. The van der Waals surface area contributed by atoms with Crippen LogP contribution in [0, 0.1) is 12.8 Å². The van der Waals surface area contributed by atoms with E-state index in [4.69, 9.17) is 11.6 Å². The van der Waals surface area contributed by atoms with E-state index in [9.17, 15) is 18.4 Å². The molecule has 0 unspecified atom stereocenters. The predicted molar refractivity (Wildman–Crippen MR) is 145 cm³/mol. The monoisotopic (exact) mass is 603 g/mol. The Morgan fingerprint density at radius 1 is 1.13 bits per heavy atom. The van der Waals surface area contributed by atoms with Gasteiger partial charge in [-0.2, -0.15) is 0 Å². The Hall–Kier alpha value is -3.11. The molecule has 38 heavy (non-hydrogen) atoms. The molecular formula is C27H25BrClF2N5O2. The van der Waals surface area contributed by atoms with E-state index in [0.717, 1.165) is 41.3 Å². The molecule has 1 amide bonds. The largest absolute Gasteiger partial charge is 0.349 e. The maximum absolute atomic E-state index is 13.6. The van der Waals surface area contributed by atoms with Crippen LogP contribution in [0.25, 0.3) is 16.7 Å². The average Bonchev–Trinajstić information content (AvgIpc) is 3.16. The molecule has 0 aliphatic heterocycles. The van der Waals surface area contributed by atoms with Crippen molar-refractivity contribution in [2.45, 2.75) is 51.6 Å². The Labute approximate surface area is 231 Å². The summed E-state index contributed by atoms with van der Waals surface area (Å²) in [6.45, 7) is 2.49.